The average Bonchev–Trinajstić information content (AvgIpc) is 3.45. The second-order valence-corrected chi connectivity index (χ2v) is 8.31. The maximum absolute atomic E-state index is 12.7. The highest BCUT2D eigenvalue weighted by Gasteiger charge is 2.34. The zero-order valence-corrected chi connectivity index (χ0v) is 18.1. The quantitative estimate of drug-likeness (QED) is 0.621. The van der Waals surface area contributed by atoms with Gasteiger partial charge in [-0.3, -0.25) is 14.5 Å². The number of hydrogen-bond acceptors (Lipinski definition) is 6. The first-order valence-corrected chi connectivity index (χ1v) is 11.1. The van der Waals surface area contributed by atoms with Gasteiger partial charge in [0.2, 0.25) is 12.7 Å². The van der Waals surface area contributed by atoms with Gasteiger partial charge in [-0.1, -0.05) is 24.3 Å². The van der Waals surface area contributed by atoms with Gasteiger partial charge in [-0.2, -0.15) is 0 Å². The number of para-hydroxylation sites is 1. The van der Waals surface area contributed by atoms with E-state index in [2.05, 4.69) is 5.32 Å². The molecule has 1 N–H and O–H groups in total. The highest BCUT2D eigenvalue weighted by atomic mass is 32.2. The van der Waals surface area contributed by atoms with Crippen molar-refractivity contribution >= 4 is 35.0 Å². The van der Waals surface area contributed by atoms with Crippen LogP contribution < -0.4 is 24.4 Å². The minimum atomic E-state index is -0.248. The summed E-state index contributed by atoms with van der Waals surface area (Å²) in [6.07, 6.45) is 0. The number of ether oxygens (including phenoxy) is 3. The van der Waals surface area contributed by atoms with Crippen LogP contribution in [0.2, 0.25) is 0 Å². The third-order valence-electron chi connectivity index (χ3n) is 5.31. The molecule has 0 bridgehead atoms. The van der Waals surface area contributed by atoms with Crippen molar-refractivity contribution in [1.29, 1.82) is 0 Å². The number of nitrogens with one attached hydrogen (secondary N) is 1. The monoisotopic (exact) mass is 448 g/mol. The molecular formula is C24H20N2O5S. The van der Waals surface area contributed by atoms with Gasteiger partial charge in [-0.15, -0.1) is 11.8 Å². The lowest BCUT2D eigenvalue weighted by molar-refractivity contribution is -0.115. The number of thioether (sulfide) groups is 1. The molecule has 0 aromatic heterocycles. The normalized spacial score (nSPS) is 16.8. The summed E-state index contributed by atoms with van der Waals surface area (Å²) in [4.78, 5) is 27.1. The number of benzene rings is 3. The van der Waals surface area contributed by atoms with Crippen molar-refractivity contribution in [3.63, 3.8) is 0 Å². The molecule has 162 valence electrons. The lowest BCUT2D eigenvalue weighted by Crippen LogP contribution is -2.27. The largest absolute Gasteiger partial charge is 0.496 e. The van der Waals surface area contributed by atoms with E-state index in [1.165, 1.54) is 7.11 Å². The first-order valence-electron chi connectivity index (χ1n) is 10.0. The summed E-state index contributed by atoms with van der Waals surface area (Å²) in [6.45, 7) is 0.187. The highest BCUT2D eigenvalue weighted by Crippen LogP contribution is 2.44. The molecule has 0 aliphatic carbocycles. The molecule has 1 fully saturated rings. The number of carbonyl (C=O) groups excluding carboxylic acids is 2. The van der Waals surface area contributed by atoms with Crippen LogP contribution in [0.4, 0.5) is 11.4 Å². The summed E-state index contributed by atoms with van der Waals surface area (Å²) in [7, 11) is 1.54. The summed E-state index contributed by atoms with van der Waals surface area (Å²) in [5, 5.41) is 2.73. The Morgan fingerprint density at radius 2 is 1.84 bits per heavy atom. The molecule has 7 nitrogen and oxygen atoms in total. The minimum Gasteiger partial charge on any atom is -0.496 e. The fourth-order valence-electron chi connectivity index (χ4n) is 3.75. The van der Waals surface area contributed by atoms with Gasteiger partial charge in [0.05, 0.1) is 18.4 Å². The van der Waals surface area contributed by atoms with Crippen LogP contribution in [-0.2, 0) is 4.79 Å². The van der Waals surface area contributed by atoms with Crippen LogP contribution in [0.3, 0.4) is 0 Å². The molecule has 8 heteroatoms. The van der Waals surface area contributed by atoms with E-state index < -0.39 is 0 Å². The third-order valence-corrected chi connectivity index (χ3v) is 6.52. The average molecular weight is 449 g/mol. The Bertz CT molecular complexity index is 1180. The number of nitrogens with zero attached hydrogens (tertiary/aromatic N) is 1. The van der Waals surface area contributed by atoms with Gasteiger partial charge in [-0.25, -0.2) is 0 Å². The molecule has 3 aromatic rings. The number of anilines is 2. The second-order valence-electron chi connectivity index (χ2n) is 7.24. The molecule has 1 unspecified atom stereocenters. The standard InChI is InChI=1S/C24H20N2O5S/c1-29-19-5-3-2-4-18(19)23(28)25-16-8-6-15(7-9-16)24-26(22(27)13-32-24)17-10-11-20-21(12-17)31-14-30-20/h2-12,24H,13-14H2,1H3,(H,25,28). The Kier molecular flexibility index (Phi) is 5.36. The maximum atomic E-state index is 12.7. The lowest BCUT2D eigenvalue weighted by atomic mass is 10.1. The van der Waals surface area contributed by atoms with Crippen molar-refractivity contribution in [2.75, 3.05) is 29.9 Å². The van der Waals surface area contributed by atoms with Gasteiger partial charge in [0, 0.05) is 17.4 Å². The zero-order chi connectivity index (χ0) is 22.1. The molecule has 1 saturated heterocycles. The first kappa shape index (κ1) is 20.3. The predicted octanol–water partition coefficient (Wildman–Crippen LogP) is 4.45. The Balaban J connectivity index is 1.35. The molecular weight excluding hydrogens is 428 g/mol. The van der Waals surface area contributed by atoms with Gasteiger partial charge in [0.25, 0.3) is 5.91 Å². The van der Waals surface area contributed by atoms with E-state index in [9.17, 15) is 9.59 Å². The Hall–Kier alpha value is -3.65. The van der Waals surface area contributed by atoms with Crippen LogP contribution in [-0.4, -0.2) is 31.5 Å². The van der Waals surface area contributed by atoms with Crippen molar-refractivity contribution in [3.05, 3.63) is 77.9 Å². The van der Waals surface area contributed by atoms with Crippen molar-refractivity contribution < 1.29 is 23.8 Å². The Labute approximate surface area is 189 Å². The van der Waals surface area contributed by atoms with Gasteiger partial charge < -0.3 is 19.5 Å². The van der Waals surface area contributed by atoms with Crippen LogP contribution in [0.1, 0.15) is 21.3 Å². The molecule has 0 radical (unpaired) electrons. The van der Waals surface area contributed by atoms with Gasteiger partial charge in [0.1, 0.15) is 11.1 Å². The third kappa shape index (κ3) is 3.73. The maximum Gasteiger partial charge on any atom is 0.259 e. The topological polar surface area (TPSA) is 77.1 Å². The SMILES string of the molecule is COc1ccccc1C(=O)Nc1ccc(C2SCC(=O)N2c2ccc3c(c2)OCO3)cc1. The van der Waals surface area contributed by atoms with E-state index in [0.29, 0.717) is 34.3 Å². The smallest absolute Gasteiger partial charge is 0.259 e. The van der Waals surface area contributed by atoms with Crippen molar-refractivity contribution in [3.8, 4) is 17.2 Å². The summed E-state index contributed by atoms with van der Waals surface area (Å²) in [5.74, 6) is 2.02. The van der Waals surface area contributed by atoms with E-state index in [-0.39, 0.29) is 24.0 Å². The van der Waals surface area contributed by atoms with Crippen LogP contribution in [0.5, 0.6) is 17.2 Å². The van der Waals surface area contributed by atoms with Crippen molar-refractivity contribution in [2.24, 2.45) is 0 Å². The number of hydrogen-bond donors (Lipinski definition) is 1. The summed E-state index contributed by atoms with van der Waals surface area (Å²) >= 11 is 1.56. The fourth-order valence-corrected chi connectivity index (χ4v) is 4.92. The minimum absolute atomic E-state index is 0.0346. The Morgan fingerprint density at radius 3 is 2.66 bits per heavy atom. The van der Waals surface area contributed by atoms with Gasteiger partial charge in [-0.05, 0) is 42.0 Å². The van der Waals surface area contributed by atoms with Crippen LogP contribution in [0.15, 0.2) is 66.7 Å². The molecule has 0 spiro atoms. The van der Waals surface area contributed by atoms with E-state index in [0.717, 1.165) is 11.3 Å². The summed E-state index contributed by atoms with van der Waals surface area (Å²) in [6, 6.07) is 20.1. The van der Waals surface area contributed by atoms with Crippen LogP contribution in [0, 0.1) is 0 Å². The number of rotatable bonds is 5. The van der Waals surface area contributed by atoms with E-state index in [1.807, 2.05) is 48.5 Å². The van der Waals surface area contributed by atoms with Crippen molar-refractivity contribution in [2.45, 2.75) is 5.37 Å². The number of methoxy groups -OCH3 is 1. The van der Waals surface area contributed by atoms with Gasteiger partial charge in [0.15, 0.2) is 11.5 Å². The molecule has 5 rings (SSSR count). The molecule has 3 aromatic carbocycles. The fraction of sp³-hybridized carbons (Fsp3) is 0.167. The number of carbonyl (C=O) groups is 2. The summed E-state index contributed by atoms with van der Waals surface area (Å²) < 4.78 is 16.1. The molecule has 1 atom stereocenters. The number of amides is 2. The first-order chi connectivity index (χ1) is 15.6. The summed E-state index contributed by atoms with van der Waals surface area (Å²) in [5.41, 5.74) is 2.86. The number of fused-ring (bicyclic) bond motifs is 1. The van der Waals surface area contributed by atoms with Crippen molar-refractivity contribution in [1.82, 2.24) is 0 Å². The molecule has 2 amide bonds. The lowest BCUT2D eigenvalue weighted by Gasteiger charge is -2.24. The van der Waals surface area contributed by atoms with E-state index in [1.54, 1.807) is 34.9 Å². The zero-order valence-electron chi connectivity index (χ0n) is 17.2. The van der Waals surface area contributed by atoms with E-state index >= 15 is 0 Å². The molecule has 2 aliphatic heterocycles. The van der Waals surface area contributed by atoms with E-state index in [4.69, 9.17) is 14.2 Å². The van der Waals surface area contributed by atoms with Crippen LogP contribution in [0.25, 0.3) is 0 Å². The molecule has 2 heterocycles. The predicted molar refractivity (Wildman–Crippen MR) is 123 cm³/mol. The highest BCUT2D eigenvalue weighted by molar-refractivity contribution is 8.00. The molecule has 32 heavy (non-hydrogen) atoms. The second kappa shape index (κ2) is 8.47. The molecule has 2 aliphatic rings. The Morgan fingerprint density at radius 1 is 1.06 bits per heavy atom. The van der Waals surface area contributed by atoms with Crippen LogP contribution >= 0.6 is 11.8 Å². The molecule has 0 saturated carbocycles. The van der Waals surface area contributed by atoms with Gasteiger partial charge >= 0.3 is 0 Å².